The molecule has 0 aliphatic rings. The molecule has 1 amide bonds. The van der Waals surface area contributed by atoms with E-state index in [0.29, 0.717) is 19.0 Å². The van der Waals surface area contributed by atoms with Gasteiger partial charge in [0.15, 0.2) is 0 Å². The number of methoxy groups -OCH3 is 1. The van der Waals surface area contributed by atoms with Crippen molar-refractivity contribution < 1.29 is 9.53 Å². The second kappa shape index (κ2) is 7.66. The van der Waals surface area contributed by atoms with Crippen LogP contribution >= 0.6 is 0 Å². The van der Waals surface area contributed by atoms with Gasteiger partial charge in [0.1, 0.15) is 0 Å². The Labute approximate surface area is 108 Å². The third-order valence-corrected chi connectivity index (χ3v) is 2.77. The molecule has 0 saturated carbocycles. The van der Waals surface area contributed by atoms with E-state index >= 15 is 0 Å². The van der Waals surface area contributed by atoms with Crippen LogP contribution in [-0.2, 0) is 11.3 Å². The molecule has 18 heavy (non-hydrogen) atoms. The first-order chi connectivity index (χ1) is 8.71. The minimum atomic E-state index is -0.0984. The third-order valence-electron chi connectivity index (χ3n) is 2.77. The minimum Gasteiger partial charge on any atom is -0.481 e. The summed E-state index contributed by atoms with van der Waals surface area (Å²) in [6, 6.07) is 3.65. The molecule has 5 nitrogen and oxygen atoms in total. The topological polar surface area (TPSA) is 77.2 Å². The Hall–Kier alpha value is -1.62. The number of ether oxygens (including phenoxy) is 1. The van der Waals surface area contributed by atoms with Crippen molar-refractivity contribution in [3.63, 3.8) is 0 Å². The standard InChI is InChI=1S/C13H21N3O2/c1-3-4-11(8-14)13(17)16-9-10-5-6-15-12(7-10)18-2/h5-7,11H,3-4,8-9,14H2,1-2H3,(H,16,17). The summed E-state index contributed by atoms with van der Waals surface area (Å²) in [6.45, 7) is 2.90. The lowest BCUT2D eigenvalue weighted by atomic mass is 10.0. The minimum absolute atomic E-state index is 0.00938. The van der Waals surface area contributed by atoms with E-state index in [9.17, 15) is 4.79 Å². The lowest BCUT2D eigenvalue weighted by Gasteiger charge is -2.14. The maximum Gasteiger partial charge on any atom is 0.224 e. The number of nitrogens with two attached hydrogens (primary N) is 1. The lowest BCUT2D eigenvalue weighted by molar-refractivity contribution is -0.125. The van der Waals surface area contributed by atoms with Crippen LogP contribution in [0, 0.1) is 5.92 Å². The molecule has 0 radical (unpaired) electrons. The molecule has 5 heteroatoms. The van der Waals surface area contributed by atoms with Crippen LogP contribution in [0.4, 0.5) is 0 Å². The Morgan fingerprint density at radius 1 is 1.61 bits per heavy atom. The summed E-state index contributed by atoms with van der Waals surface area (Å²) in [5.74, 6) is 0.458. The zero-order chi connectivity index (χ0) is 13.4. The number of pyridine rings is 1. The SMILES string of the molecule is CCCC(CN)C(=O)NCc1ccnc(OC)c1. The van der Waals surface area contributed by atoms with Crippen molar-refractivity contribution in [2.75, 3.05) is 13.7 Å². The fourth-order valence-electron chi connectivity index (χ4n) is 1.71. The van der Waals surface area contributed by atoms with Gasteiger partial charge in [0, 0.05) is 25.4 Å². The van der Waals surface area contributed by atoms with Gasteiger partial charge in [-0.2, -0.15) is 0 Å². The quantitative estimate of drug-likeness (QED) is 0.760. The Morgan fingerprint density at radius 2 is 2.39 bits per heavy atom. The van der Waals surface area contributed by atoms with Crippen molar-refractivity contribution in [3.05, 3.63) is 23.9 Å². The van der Waals surface area contributed by atoms with E-state index in [1.165, 1.54) is 0 Å². The Kier molecular flexibility index (Phi) is 6.14. The van der Waals surface area contributed by atoms with Crippen LogP contribution in [0.3, 0.4) is 0 Å². The number of hydrogen-bond donors (Lipinski definition) is 2. The van der Waals surface area contributed by atoms with E-state index in [4.69, 9.17) is 10.5 Å². The molecule has 0 aromatic carbocycles. The van der Waals surface area contributed by atoms with E-state index in [2.05, 4.69) is 10.3 Å². The van der Waals surface area contributed by atoms with Crippen molar-refractivity contribution in [1.82, 2.24) is 10.3 Å². The normalized spacial score (nSPS) is 11.9. The lowest BCUT2D eigenvalue weighted by Crippen LogP contribution is -2.34. The molecule has 1 atom stereocenters. The van der Waals surface area contributed by atoms with Crippen LogP contribution in [0.15, 0.2) is 18.3 Å². The molecule has 0 aliphatic heterocycles. The van der Waals surface area contributed by atoms with Crippen LogP contribution < -0.4 is 15.8 Å². The average Bonchev–Trinajstić information content (AvgIpc) is 2.42. The van der Waals surface area contributed by atoms with Gasteiger partial charge in [0.2, 0.25) is 11.8 Å². The highest BCUT2D eigenvalue weighted by Crippen LogP contribution is 2.09. The van der Waals surface area contributed by atoms with Crippen molar-refractivity contribution in [2.45, 2.75) is 26.3 Å². The Bertz CT molecular complexity index is 382. The molecular weight excluding hydrogens is 230 g/mol. The van der Waals surface area contributed by atoms with Gasteiger partial charge in [0.25, 0.3) is 0 Å². The maximum atomic E-state index is 11.9. The number of hydrogen-bond acceptors (Lipinski definition) is 4. The maximum absolute atomic E-state index is 11.9. The van der Waals surface area contributed by atoms with Crippen LogP contribution in [-0.4, -0.2) is 24.5 Å². The molecule has 1 unspecified atom stereocenters. The number of carbonyl (C=O) groups excluding carboxylic acids is 1. The molecule has 0 spiro atoms. The van der Waals surface area contributed by atoms with Gasteiger partial charge in [-0.1, -0.05) is 13.3 Å². The Morgan fingerprint density at radius 3 is 3.00 bits per heavy atom. The fourth-order valence-corrected chi connectivity index (χ4v) is 1.71. The molecule has 0 fully saturated rings. The van der Waals surface area contributed by atoms with Crippen LogP contribution in [0.5, 0.6) is 5.88 Å². The van der Waals surface area contributed by atoms with Gasteiger partial charge in [-0.25, -0.2) is 4.98 Å². The molecule has 1 rings (SSSR count). The van der Waals surface area contributed by atoms with Crippen molar-refractivity contribution in [2.24, 2.45) is 11.7 Å². The molecule has 0 bridgehead atoms. The molecule has 1 heterocycles. The zero-order valence-electron chi connectivity index (χ0n) is 11.0. The summed E-state index contributed by atoms with van der Waals surface area (Å²) in [7, 11) is 1.57. The number of aromatic nitrogens is 1. The van der Waals surface area contributed by atoms with Gasteiger partial charge >= 0.3 is 0 Å². The molecule has 3 N–H and O–H groups in total. The van der Waals surface area contributed by atoms with Gasteiger partial charge in [-0.05, 0) is 18.1 Å². The summed E-state index contributed by atoms with van der Waals surface area (Å²) in [4.78, 5) is 15.9. The number of nitrogens with one attached hydrogen (secondary N) is 1. The van der Waals surface area contributed by atoms with Crippen molar-refractivity contribution in [3.8, 4) is 5.88 Å². The molecule has 0 aliphatic carbocycles. The second-order valence-corrected chi connectivity index (χ2v) is 4.15. The van der Waals surface area contributed by atoms with Crippen molar-refractivity contribution >= 4 is 5.91 Å². The highest BCUT2D eigenvalue weighted by molar-refractivity contribution is 5.78. The Balaban J connectivity index is 2.50. The highest BCUT2D eigenvalue weighted by atomic mass is 16.5. The van der Waals surface area contributed by atoms with Crippen LogP contribution in [0.25, 0.3) is 0 Å². The second-order valence-electron chi connectivity index (χ2n) is 4.15. The average molecular weight is 251 g/mol. The summed E-state index contributed by atoms with van der Waals surface area (Å²) in [5.41, 5.74) is 6.54. The zero-order valence-corrected chi connectivity index (χ0v) is 11.0. The molecular formula is C13H21N3O2. The fraction of sp³-hybridized carbons (Fsp3) is 0.538. The van der Waals surface area contributed by atoms with E-state index in [1.54, 1.807) is 19.4 Å². The largest absolute Gasteiger partial charge is 0.481 e. The van der Waals surface area contributed by atoms with Gasteiger partial charge in [-0.15, -0.1) is 0 Å². The first-order valence-electron chi connectivity index (χ1n) is 6.18. The van der Waals surface area contributed by atoms with Gasteiger partial charge in [-0.3, -0.25) is 4.79 Å². The first-order valence-corrected chi connectivity index (χ1v) is 6.18. The predicted octanol–water partition coefficient (Wildman–Crippen LogP) is 1.08. The molecule has 1 aromatic heterocycles. The van der Waals surface area contributed by atoms with E-state index in [1.807, 2.05) is 13.0 Å². The summed E-state index contributed by atoms with van der Waals surface area (Å²) < 4.78 is 5.03. The predicted molar refractivity (Wildman–Crippen MR) is 70.1 cm³/mol. The number of rotatable bonds is 7. The van der Waals surface area contributed by atoms with Gasteiger partial charge in [0.05, 0.1) is 13.0 Å². The van der Waals surface area contributed by atoms with E-state index < -0.39 is 0 Å². The van der Waals surface area contributed by atoms with E-state index in [0.717, 1.165) is 18.4 Å². The summed E-state index contributed by atoms with van der Waals surface area (Å²) in [6.07, 6.45) is 3.44. The molecule has 1 aromatic rings. The third kappa shape index (κ3) is 4.33. The summed E-state index contributed by atoms with van der Waals surface area (Å²) in [5, 5.41) is 2.88. The highest BCUT2D eigenvalue weighted by Gasteiger charge is 2.15. The number of carbonyl (C=O) groups is 1. The monoisotopic (exact) mass is 251 g/mol. The summed E-state index contributed by atoms with van der Waals surface area (Å²) >= 11 is 0. The molecule has 100 valence electrons. The van der Waals surface area contributed by atoms with Gasteiger partial charge < -0.3 is 15.8 Å². The first kappa shape index (κ1) is 14.4. The van der Waals surface area contributed by atoms with E-state index in [-0.39, 0.29) is 11.8 Å². The van der Waals surface area contributed by atoms with Crippen molar-refractivity contribution in [1.29, 1.82) is 0 Å². The number of nitrogens with zero attached hydrogens (tertiary/aromatic N) is 1. The van der Waals surface area contributed by atoms with Crippen LogP contribution in [0.1, 0.15) is 25.3 Å². The number of amides is 1. The van der Waals surface area contributed by atoms with Crippen LogP contribution in [0.2, 0.25) is 0 Å². The molecule has 0 saturated heterocycles. The smallest absolute Gasteiger partial charge is 0.224 e.